The second kappa shape index (κ2) is 9.10. The number of benzene rings is 1. The van der Waals surface area contributed by atoms with Gasteiger partial charge in [0.25, 0.3) is 0 Å². The SMILES string of the molecule is COCC(NC(=O)NC(C)CC(O)c1ccccc1)c1ccco1. The fourth-order valence-corrected chi connectivity index (χ4v) is 2.48. The number of methoxy groups -OCH3 is 1. The number of aliphatic hydroxyl groups is 1. The maximum Gasteiger partial charge on any atom is 0.315 e. The predicted molar refractivity (Wildman–Crippen MR) is 90.5 cm³/mol. The van der Waals surface area contributed by atoms with Crippen LogP contribution in [0.2, 0.25) is 0 Å². The largest absolute Gasteiger partial charge is 0.467 e. The van der Waals surface area contributed by atoms with E-state index in [1.807, 2.05) is 37.3 Å². The number of amides is 2. The van der Waals surface area contributed by atoms with E-state index >= 15 is 0 Å². The third-order valence-electron chi connectivity index (χ3n) is 3.66. The van der Waals surface area contributed by atoms with E-state index in [1.165, 1.54) is 0 Å². The average molecular weight is 332 g/mol. The van der Waals surface area contributed by atoms with Gasteiger partial charge in [0.1, 0.15) is 11.8 Å². The summed E-state index contributed by atoms with van der Waals surface area (Å²) >= 11 is 0. The zero-order valence-electron chi connectivity index (χ0n) is 13.9. The molecule has 3 atom stereocenters. The van der Waals surface area contributed by atoms with Gasteiger partial charge in [-0.25, -0.2) is 4.79 Å². The average Bonchev–Trinajstić information content (AvgIpc) is 3.09. The lowest BCUT2D eigenvalue weighted by molar-refractivity contribution is 0.148. The van der Waals surface area contributed by atoms with Crippen molar-refractivity contribution in [1.29, 1.82) is 0 Å². The molecule has 1 aromatic heterocycles. The molecule has 3 unspecified atom stereocenters. The highest BCUT2D eigenvalue weighted by Crippen LogP contribution is 2.18. The maximum atomic E-state index is 12.2. The molecule has 0 saturated heterocycles. The van der Waals surface area contributed by atoms with Crippen LogP contribution in [0.4, 0.5) is 4.79 Å². The topological polar surface area (TPSA) is 83.7 Å². The molecule has 130 valence electrons. The molecule has 0 spiro atoms. The molecule has 0 aliphatic rings. The van der Waals surface area contributed by atoms with E-state index in [9.17, 15) is 9.90 Å². The van der Waals surface area contributed by atoms with Crippen LogP contribution >= 0.6 is 0 Å². The van der Waals surface area contributed by atoms with Gasteiger partial charge in [0.05, 0.1) is 19.0 Å². The van der Waals surface area contributed by atoms with Crippen molar-refractivity contribution in [2.24, 2.45) is 0 Å². The number of carbonyl (C=O) groups excluding carboxylic acids is 1. The molecule has 0 aliphatic heterocycles. The van der Waals surface area contributed by atoms with Gasteiger partial charge >= 0.3 is 6.03 Å². The Hall–Kier alpha value is -2.31. The molecular weight excluding hydrogens is 308 g/mol. The van der Waals surface area contributed by atoms with Crippen LogP contribution in [0.3, 0.4) is 0 Å². The Morgan fingerprint density at radius 3 is 2.58 bits per heavy atom. The molecule has 1 aromatic carbocycles. The van der Waals surface area contributed by atoms with Crippen molar-refractivity contribution in [1.82, 2.24) is 10.6 Å². The number of carbonyl (C=O) groups is 1. The molecule has 0 saturated carbocycles. The zero-order valence-corrected chi connectivity index (χ0v) is 13.9. The fraction of sp³-hybridized carbons (Fsp3) is 0.389. The van der Waals surface area contributed by atoms with Gasteiger partial charge < -0.3 is 24.9 Å². The summed E-state index contributed by atoms with van der Waals surface area (Å²) in [5.74, 6) is 0.629. The Morgan fingerprint density at radius 1 is 1.21 bits per heavy atom. The van der Waals surface area contributed by atoms with Crippen LogP contribution < -0.4 is 10.6 Å². The van der Waals surface area contributed by atoms with Gasteiger partial charge in [-0.05, 0) is 31.0 Å². The molecule has 3 N–H and O–H groups in total. The third-order valence-corrected chi connectivity index (χ3v) is 3.66. The molecule has 6 heteroatoms. The fourth-order valence-electron chi connectivity index (χ4n) is 2.48. The minimum Gasteiger partial charge on any atom is -0.467 e. The van der Waals surface area contributed by atoms with E-state index in [-0.39, 0.29) is 18.1 Å². The molecular formula is C18H24N2O4. The highest BCUT2D eigenvalue weighted by Gasteiger charge is 2.19. The Kier molecular flexibility index (Phi) is 6.84. The monoisotopic (exact) mass is 332 g/mol. The first kappa shape index (κ1) is 18.0. The standard InChI is InChI=1S/C18H24N2O4/c1-13(11-16(21)14-7-4-3-5-8-14)19-18(22)20-15(12-23-2)17-9-6-10-24-17/h3-10,13,15-16,21H,11-12H2,1-2H3,(H2,19,20,22). The Morgan fingerprint density at radius 2 is 1.96 bits per heavy atom. The van der Waals surface area contributed by atoms with Crippen molar-refractivity contribution in [3.63, 3.8) is 0 Å². The van der Waals surface area contributed by atoms with Crippen molar-refractivity contribution in [3.05, 3.63) is 60.1 Å². The Bertz CT molecular complexity index is 601. The summed E-state index contributed by atoms with van der Waals surface area (Å²) in [5, 5.41) is 15.9. The van der Waals surface area contributed by atoms with Crippen LogP contribution in [0.25, 0.3) is 0 Å². The smallest absolute Gasteiger partial charge is 0.315 e. The Labute approximate surface area is 141 Å². The van der Waals surface area contributed by atoms with E-state index in [0.29, 0.717) is 18.8 Å². The van der Waals surface area contributed by atoms with E-state index in [4.69, 9.17) is 9.15 Å². The highest BCUT2D eigenvalue weighted by atomic mass is 16.5. The summed E-state index contributed by atoms with van der Waals surface area (Å²) < 4.78 is 10.4. The maximum absolute atomic E-state index is 12.2. The summed E-state index contributed by atoms with van der Waals surface area (Å²) in [6.45, 7) is 2.16. The molecule has 2 amide bonds. The lowest BCUT2D eigenvalue weighted by atomic mass is 10.0. The molecule has 2 rings (SSSR count). The van der Waals surface area contributed by atoms with Crippen LogP contribution in [0.1, 0.15) is 36.8 Å². The van der Waals surface area contributed by atoms with Crippen molar-refractivity contribution in [3.8, 4) is 0 Å². The molecule has 0 bridgehead atoms. The first-order valence-corrected chi connectivity index (χ1v) is 7.92. The van der Waals surface area contributed by atoms with Crippen LogP contribution in [0, 0.1) is 0 Å². The minimum atomic E-state index is -0.624. The van der Waals surface area contributed by atoms with E-state index in [0.717, 1.165) is 5.56 Å². The first-order chi connectivity index (χ1) is 11.6. The number of hydrogen-bond donors (Lipinski definition) is 3. The predicted octanol–water partition coefficient (Wildman–Crippen LogP) is 2.78. The molecule has 2 aromatic rings. The molecule has 0 fully saturated rings. The molecule has 24 heavy (non-hydrogen) atoms. The zero-order chi connectivity index (χ0) is 17.4. The number of aliphatic hydroxyl groups excluding tert-OH is 1. The molecule has 0 radical (unpaired) electrons. The van der Waals surface area contributed by atoms with Crippen LogP contribution in [0.15, 0.2) is 53.1 Å². The van der Waals surface area contributed by atoms with Gasteiger partial charge in [-0.2, -0.15) is 0 Å². The Balaban J connectivity index is 1.84. The minimum absolute atomic E-state index is 0.194. The van der Waals surface area contributed by atoms with Crippen molar-refractivity contribution >= 4 is 6.03 Å². The third kappa shape index (κ3) is 5.40. The molecule has 1 heterocycles. The summed E-state index contributed by atoms with van der Waals surface area (Å²) in [5.41, 5.74) is 0.833. The van der Waals surface area contributed by atoms with Gasteiger partial charge in [0, 0.05) is 13.2 Å². The van der Waals surface area contributed by atoms with E-state index in [1.54, 1.807) is 25.5 Å². The number of urea groups is 1. The number of ether oxygens (including phenoxy) is 1. The number of rotatable bonds is 8. The van der Waals surface area contributed by atoms with Crippen LogP contribution in [-0.2, 0) is 4.74 Å². The molecule has 0 aliphatic carbocycles. The second-order valence-electron chi connectivity index (χ2n) is 5.70. The lowest BCUT2D eigenvalue weighted by Gasteiger charge is -2.21. The first-order valence-electron chi connectivity index (χ1n) is 7.92. The van der Waals surface area contributed by atoms with Crippen molar-refractivity contribution < 1.29 is 19.1 Å². The number of nitrogens with one attached hydrogen (secondary N) is 2. The normalized spacial score (nSPS) is 14.6. The quantitative estimate of drug-likeness (QED) is 0.694. The van der Waals surface area contributed by atoms with E-state index in [2.05, 4.69) is 10.6 Å². The summed E-state index contributed by atoms with van der Waals surface area (Å²) in [4.78, 5) is 12.2. The van der Waals surface area contributed by atoms with Crippen molar-refractivity contribution in [2.45, 2.75) is 31.5 Å². The van der Waals surface area contributed by atoms with Crippen LogP contribution in [0.5, 0.6) is 0 Å². The van der Waals surface area contributed by atoms with Gasteiger partial charge in [-0.1, -0.05) is 30.3 Å². The lowest BCUT2D eigenvalue weighted by Crippen LogP contribution is -2.43. The van der Waals surface area contributed by atoms with Gasteiger partial charge in [-0.3, -0.25) is 0 Å². The van der Waals surface area contributed by atoms with E-state index < -0.39 is 6.10 Å². The summed E-state index contributed by atoms with van der Waals surface area (Å²) in [6, 6.07) is 12.0. The van der Waals surface area contributed by atoms with Crippen LogP contribution in [-0.4, -0.2) is 30.9 Å². The van der Waals surface area contributed by atoms with Gasteiger partial charge in [0.15, 0.2) is 0 Å². The highest BCUT2D eigenvalue weighted by molar-refractivity contribution is 5.74. The number of hydrogen-bond acceptors (Lipinski definition) is 4. The number of furan rings is 1. The summed E-state index contributed by atoms with van der Waals surface area (Å²) in [7, 11) is 1.56. The van der Waals surface area contributed by atoms with Gasteiger partial charge in [0.2, 0.25) is 0 Å². The second-order valence-corrected chi connectivity index (χ2v) is 5.70. The summed E-state index contributed by atoms with van der Waals surface area (Å²) in [6.07, 6.45) is 1.35. The molecule has 6 nitrogen and oxygen atoms in total. The van der Waals surface area contributed by atoms with Crippen molar-refractivity contribution in [2.75, 3.05) is 13.7 Å². The van der Waals surface area contributed by atoms with Gasteiger partial charge in [-0.15, -0.1) is 0 Å².